The first-order valence-electron chi connectivity index (χ1n) is 10.3. The predicted molar refractivity (Wildman–Crippen MR) is 131 cm³/mol. The molecule has 0 saturated carbocycles. The van der Waals surface area contributed by atoms with Crippen molar-refractivity contribution >= 4 is 28.8 Å². The van der Waals surface area contributed by atoms with Crippen LogP contribution in [0, 0.1) is 6.92 Å². The summed E-state index contributed by atoms with van der Waals surface area (Å²) in [5, 5.41) is 6.53. The fourth-order valence-electron chi connectivity index (χ4n) is 3.13. The third-order valence-corrected chi connectivity index (χ3v) is 6.17. The second-order valence-electron chi connectivity index (χ2n) is 7.41. The van der Waals surface area contributed by atoms with Crippen LogP contribution in [0.1, 0.15) is 17.5 Å². The summed E-state index contributed by atoms with van der Waals surface area (Å²) in [6, 6.07) is 23.7. The van der Waals surface area contributed by atoms with Gasteiger partial charge in [-0.15, -0.1) is 11.3 Å². The number of hydrogen-bond acceptors (Lipinski definition) is 4. The van der Waals surface area contributed by atoms with Crippen LogP contribution in [0.2, 0.25) is 5.02 Å². The number of nitrogens with one attached hydrogen (secondary N) is 1. The van der Waals surface area contributed by atoms with Gasteiger partial charge in [-0.25, -0.2) is 4.98 Å². The molecule has 0 aliphatic carbocycles. The van der Waals surface area contributed by atoms with Crippen molar-refractivity contribution in [2.24, 2.45) is 0 Å². The number of carbonyl (C=O) groups is 1. The smallest absolute Gasteiger partial charge is 0.223 e. The van der Waals surface area contributed by atoms with E-state index in [1.807, 2.05) is 36.4 Å². The van der Waals surface area contributed by atoms with Gasteiger partial charge in [0, 0.05) is 23.1 Å². The summed E-state index contributed by atoms with van der Waals surface area (Å²) in [5.41, 5.74) is 5.44. The van der Waals surface area contributed by atoms with Gasteiger partial charge in [-0.05, 0) is 24.6 Å². The van der Waals surface area contributed by atoms with Gasteiger partial charge in [-0.3, -0.25) is 4.79 Å². The van der Waals surface area contributed by atoms with Crippen molar-refractivity contribution in [3.63, 3.8) is 0 Å². The van der Waals surface area contributed by atoms with Crippen molar-refractivity contribution in [2.45, 2.75) is 19.9 Å². The lowest BCUT2D eigenvalue weighted by Gasteiger charge is -2.09. The Balaban J connectivity index is 1.27. The minimum atomic E-state index is -0.0659. The highest BCUT2D eigenvalue weighted by Crippen LogP contribution is 2.29. The van der Waals surface area contributed by atoms with Crippen molar-refractivity contribution < 1.29 is 9.53 Å². The molecule has 162 valence electrons. The Bertz CT molecular complexity index is 1190. The molecule has 4 nitrogen and oxygen atoms in total. The number of ether oxygens (including phenoxy) is 1. The molecular weight excluding hydrogens is 440 g/mol. The Kier molecular flexibility index (Phi) is 7.20. The largest absolute Gasteiger partial charge is 0.491 e. The maximum atomic E-state index is 12.1. The molecule has 0 saturated heterocycles. The Hall–Kier alpha value is -3.15. The fourth-order valence-corrected chi connectivity index (χ4v) is 4.16. The van der Waals surface area contributed by atoms with E-state index in [1.165, 1.54) is 5.56 Å². The lowest BCUT2D eigenvalue weighted by atomic mass is 10.1. The molecule has 6 heteroatoms. The van der Waals surface area contributed by atoms with E-state index in [4.69, 9.17) is 21.3 Å². The summed E-state index contributed by atoms with van der Waals surface area (Å²) >= 11 is 7.68. The Morgan fingerprint density at radius 2 is 1.72 bits per heavy atom. The number of aromatic nitrogens is 1. The maximum Gasteiger partial charge on any atom is 0.223 e. The molecule has 0 fully saturated rings. The Labute approximate surface area is 196 Å². The summed E-state index contributed by atoms with van der Waals surface area (Å²) in [7, 11) is 0. The van der Waals surface area contributed by atoms with Crippen molar-refractivity contribution in [2.75, 3.05) is 6.61 Å². The molecule has 1 N–H and O–H groups in total. The lowest BCUT2D eigenvalue weighted by Crippen LogP contribution is -2.24. The maximum absolute atomic E-state index is 12.1. The van der Waals surface area contributed by atoms with Crippen molar-refractivity contribution in [1.82, 2.24) is 10.3 Å². The molecule has 4 rings (SSSR count). The highest BCUT2D eigenvalue weighted by atomic mass is 35.5. The zero-order valence-corrected chi connectivity index (χ0v) is 19.2. The monoisotopic (exact) mass is 462 g/mol. The molecule has 1 aromatic heterocycles. The van der Waals surface area contributed by atoms with Crippen LogP contribution in [-0.4, -0.2) is 17.5 Å². The summed E-state index contributed by atoms with van der Waals surface area (Å²) in [5.74, 6) is 0.522. The molecule has 0 bridgehead atoms. The van der Waals surface area contributed by atoms with E-state index < -0.39 is 0 Å². The molecule has 0 unspecified atom stereocenters. The number of halogens is 1. The van der Waals surface area contributed by atoms with Gasteiger partial charge >= 0.3 is 0 Å². The summed E-state index contributed by atoms with van der Waals surface area (Å²) in [4.78, 5) is 16.9. The molecule has 0 radical (unpaired) electrons. The predicted octanol–water partition coefficient (Wildman–Crippen LogP) is 6.52. The molecule has 1 amide bonds. The van der Waals surface area contributed by atoms with Crippen LogP contribution in [0.25, 0.3) is 21.8 Å². The number of hydrogen-bond donors (Lipinski definition) is 1. The zero-order valence-electron chi connectivity index (χ0n) is 17.7. The van der Waals surface area contributed by atoms with Crippen LogP contribution >= 0.6 is 22.9 Å². The minimum absolute atomic E-state index is 0.0659. The van der Waals surface area contributed by atoms with E-state index in [1.54, 1.807) is 23.5 Å². The second kappa shape index (κ2) is 10.4. The van der Waals surface area contributed by atoms with Gasteiger partial charge in [0.15, 0.2) is 0 Å². The standard InChI is InChI=1S/C26H23ClN2O2S/c1-18-6-10-20(11-7-18)23-17-32-26(29-23)21-12-8-19(9-13-21)16-28-25(30)14-15-31-24-5-3-2-4-22(24)27/h2-13,17H,14-16H2,1H3,(H,28,30). The van der Waals surface area contributed by atoms with Gasteiger partial charge in [0.2, 0.25) is 5.91 Å². The van der Waals surface area contributed by atoms with Gasteiger partial charge in [-0.2, -0.15) is 0 Å². The quantitative estimate of drug-likeness (QED) is 0.324. The summed E-state index contributed by atoms with van der Waals surface area (Å²) in [6.07, 6.45) is 0.268. The Morgan fingerprint density at radius 3 is 2.47 bits per heavy atom. The highest BCUT2D eigenvalue weighted by molar-refractivity contribution is 7.13. The number of para-hydroxylation sites is 1. The molecule has 1 heterocycles. The number of nitrogens with zero attached hydrogens (tertiary/aromatic N) is 1. The zero-order chi connectivity index (χ0) is 22.3. The molecule has 32 heavy (non-hydrogen) atoms. The van der Waals surface area contributed by atoms with Crippen LogP contribution in [0.4, 0.5) is 0 Å². The van der Waals surface area contributed by atoms with Gasteiger partial charge in [-0.1, -0.05) is 77.8 Å². The van der Waals surface area contributed by atoms with Gasteiger partial charge in [0.05, 0.1) is 23.7 Å². The van der Waals surface area contributed by atoms with Crippen molar-refractivity contribution in [3.05, 3.63) is 94.3 Å². The van der Waals surface area contributed by atoms with Crippen LogP contribution in [0.5, 0.6) is 5.75 Å². The number of amides is 1. The number of benzene rings is 3. The number of thiazole rings is 1. The molecule has 0 spiro atoms. The van der Waals surface area contributed by atoms with Crippen LogP contribution < -0.4 is 10.1 Å². The number of carbonyl (C=O) groups excluding carboxylic acids is 1. The van der Waals surface area contributed by atoms with Gasteiger partial charge in [0.25, 0.3) is 0 Å². The molecule has 4 aromatic rings. The molecular formula is C26H23ClN2O2S. The van der Waals surface area contributed by atoms with E-state index in [0.717, 1.165) is 27.4 Å². The second-order valence-corrected chi connectivity index (χ2v) is 8.67. The van der Waals surface area contributed by atoms with Crippen LogP contribution in [0.3, 0.4) is 0 Å². The third-order valence-electron chi connectivity index (χ3n) is 4.97. The van der Waals surface area contributed by atoms with E-state index >= 15 is 0 Å². The first-order chi connectivity index (χ1) is 15.6. The topological polar surface area (TPSA) is 51.2 Å². The van der Waals surface area contributed by atoms with Crippen molar-refractivity contribution in [3.8, 4) is 27.6 Å². The fraction of sp³-hybridized carbons (Fsp3) is 0.154. The number of aryl methyl sites for hydroxylation is 1. The molecule has 0 atom stereocenters. The van der Waals surface area contributed by atoms with Gasteiger partial charge in [0.1, 0.15) is 10.8 Å². The van der Waals surface area contributed by atoms with Gasteiger partial charge < -0.3 is 10.1 Å². The third kappa shape index (κ3) is 5.75. The Morgan fingerprint density at radius 1 is 1.00 bits per heavy atom. The summed E-state index contributed by atoms with van der Waals surface area (Å²) in [6.45, 7) is 2.83. The minimum Gasteiger partial charge on any atom is -0.491 e. The van der Waals surface area contributed by atoms with Crippen LogP contribution in [-0.2, 0) is 11.3 Å². The first-order valence-corrected chi connectivity index (χ1v) is 11.6. The molecule has 0 aliphatic rings. The van der Waals surface area contributed by atoms with Crippen LogP contribution in [0.15, 0.2) is 78.2 Å². The van der Waals surface area contributed by atoms with E-state index in [9.17, 15) is 4.79 Å². The van der Waals surface area contributed by atoms with E-state index in [0.29, 0.717) is 17.3 Å². The normalized spacial score (nSPS) is 10.7. The van der Waals surface area contributed by atoms with E-state index in [2.05, 4.69) is 41.9 Å². The molecule has 0 aliphatic heterocycles. The average Bonchev–Trinajstić information content (AvgIpc) is 3.30. The average molecular weight is 463 g/mol. The summed E-state index contributed by atoms with van der Waals surface area (Å²) < 4.78 is 5.57. The molecule has 3 aromatic carbocycles. The lowest BCUT2D eigenvalue weighted by molar-refractivity contribution is -0.121. The van der Waals surface area contributed by atoms with E-state index in [-0.39, 0.29) is 18.9 Å². The van der Waals surface area contributed by atoms with Crippen molar-refractivity contribution in [1.29, 1.82) is 0 Å². The number of rotatable bonds is 8. The highest BCUT2D eigenvalue weighted by Gasteiger charge is 2.08. The first kappa shape index (κ1) is 22.1. The SMILES string of the molecule is Cc1ccc(-c2csc(-c3ccc(CNC(=O)CCOc4ccccc4Cl)cc3)n2)cc1.